The second kappa shape index (κ2) is 9.45. The first-order valence-corrected chi connectivity index (χ1v) is 11.8. The van der Waals surface area contributed by atoms with Gasteiger partial charge in [0.25, 0.3) is 5.56 Å². The fourth-order valence-corrected chi connectivity index (χ4v) is 4.68. The maximum Gasteiger partial charge on any atom is 0.252 e. The van der Waals surface area contributed by atoms with E-state index in [-0.39, 0.29) is 11.6 Å². The zero-order valence-corrected chi connectivity index (χ0v) is 18.9. The minimum atomic E-state index is -0.0889. The van der Waals surface area contributed by atoms with Gasteiger partial charge in [-0.15, -0.1) is 0 Å². The van der Waals surface area contributed by atoms with E-state index < -0.39 is 0 Å². The van der Waals surface area contributed by atoms with Gasteiger partial charge in [-0.05, 0) is 61.6 Å². The van der Waals surface area contributed by atoms with Crippen molar-refractivity contribution in [3.8, 4) is 0 Å². The number of piperidine rings is 1. The molecule has 1 fully saturated rings. The van der Waals surface area contributed by atoms with Crippen LogP contribution in [0.3, 0.4) is 0 Å². The van der Waals surface area contributed by atoms with Crippen molar-refractivity contribution in [1.82, 2.24) is 14.5 Å². The third-order valence-electron chi connectivity index (χ3n) is 6.39. The molecule has 0 saturated carbocycles. The van der Waals surface area contributed by atoms with Crippen LogP contribution in [0.4, 0.5) is 17.3 Å². The molecule has 2 aromatic heterocycles. The van der Waals surface area contributed by atoms with Gasteiger partial charge in [0.2, 0.25) is 5.95 Å². The molecule has 4 aromatic rings. The van der Waals surface area contributed by atoms with Gasteiger partial charge in [0.15, 0.2) is 0 Å². The highest BCUT2D eigenvalue weighted by Gasteiger charge is 2.17. The quantitative estimate of drug-likeness (QED) is 0.428. The van der Waals surface area contributed by atoms with Crippen molar-refractivity contribution >= 4 is 28.4 Å². The Hall–Kier alpha value is -3.67. The summed E-state index contributed by atoms with van der Waals surface area (Å²) in [7, 11) is 0. The molecule has 0 spiro atoms. The highest BCUT2D eigenvalue weighted by molar-refractivity contribution is 5.76. The Morgan fingerprint density at radius 2 is 1.70 bits per heavy atom. The summed E-state index contributed by atoms with van der Waals surface area (Å²) >= 11 is 0. The largest absolute Gasteiger partial charge is 0.372 e. The molecule has 6 heteroatoms. The van der Waals surface area contributed by atoms with Crippen LogP contribution in [-0.4, -0.2) is 27.6 Å². The van der Waals surface area contributed by atoms with Crippen molar-refractivity contribution in [1.29, 1.82) is 0 Å². The molecule has 1 saturated heterocycles. The number of benzene rings is 2. The van der Waals surface area contributed by atoms with Gasteiger partial charge in [0, 0.05) is 42.1 Å². The fraction of sp³-hybridized carbons (Fsp3) is 0.296. The number of fused-ring (bicyclic) bond motifs is 1. The lowest BCUT2D eigenvalue weighted by Crippen LogP contribution is -2.29. The molecular formula is C27H29N5O. The van der Waals surface area contributed by atoms with Gasteiger partial charge in [0.05, 0.1) is 6.04 Å². The highest BCUT2D eigenvalue weighted by atomic mass is 16.1. The molecule has 5 rings (SSSR count). The van der Waals surface area contributed by atoms with Gasteiger partial charge in [-0.1, -0.05) is 37.3 Å². The van der Waals surface area contributed by atoms with Crippen LogP contribution in [0, 0.1) is 0 Å². The van der Waals surface area contributed by atoms with Crippen LogP contribution >= 0.6 is 0 Å². The maximum absolute atomic E-state index is 12.9. The molecule has 1 atom stereocenters. The molecule has 33 heavy (non-hydrogen) atoms. The van der Waals surface area contributed by atoms with Gasteiger partial charge in [-0.3, -0.25) is 9.36 Å². The van der Waals surface area contributed by atoms with E-state index in [2.05, 4.69) is 58.5 Å². The van der Waals surface area contributed by atoms with Gasteiger partial charge in [0.1, 0.15) is 5.65 Å². The molecule has 0 radical (unpaired) electrons. The summed E-state index contributed by atoms with van der Waals surface area (Å²) in [6.07, 6.45) is 6.40. The van der Waals surface area contributed by atoms with E-state index in [1.54, 1.807) is 22.9 Å². The number of hydrogen-bond acceptors (Lipinski definition) is 5. The first-order valence-electron chi connectivity index (χ1n) is 11.8. The Morgan fingerprint density at radius 1 is 0.939 bits per heavy atom. The topological polar surface area (TPSA) is 63.1 Å². The lowest BCUT2D eigenvalue weighted by molar-refractivity contribution is 0.563. The average Bonchev–Trinajstić information content (AvgIpc) is 2.87. The minimum absolute atomic E-state index is 0.0614. The van der Waals surface area contributed by atoms with Gasteiger partial charge in [-0.2, -0.15) is 4.98 Å². The minimum Gasteiger partial charge on any atom is -0.372 e. The van der Waals surface area contributed by atoms with E-state index in [4.69, 9.17) is 4.98 Å². The molecule has 0 amide bonds. The first kappa shape index (κ1) is 21.2. The lowest BCUT2D eigenvalue weighted by atomic mass is 10.0. The molecule has 3 heterocycles. The van der Waals surface area contributed by atoms with E-state index in [0.29, 0.717) is 11.6 Å². The van der Waals surface area contributed by atoms with Crippen molar-refractivity contribution in [2.24, 2.45) is 0 Å². The third-order valence-corrected chi connectivity index (χ3v) is 6.39. The summed E-state index contributed by atoms with van der Waals surface area (Å²) in [6.45, 7) is 4.34. The molecule has 1 unspecified atom stereocenters. The summed E-state index contributed by atoms with van der Waals surface area (Å²) in [4.78, 5) is 24.6. The Bertz CT molecular complexity index is 1280. The Kier molecular flexibility index (Phi) is 6.07. The predicted octanol–water partition coefficient (Wildman–Crippen LogP) is 5.52. The molecular weight excluding hydrogens is 410 g/mol. The molecule has 0 bridgehead atoms. The Morgan fingerprint density at radius 3 is 2.42 bits per heavy atom. The standard InChI is InChI=1S/C27H29N5O/c1-2-24(20-9-5-3-6-10-20)32-25(33)16-11-21-19-28-27(30-26(21)32)29-22-12-14-23(15-13-22)31-17-7-4-8-18-31/h3,5-6,9-16,19,24H,2,4,7-8,17-18H2,1H3,(H,28,29,30). The normalized spacial score (nSPS) is 14.9. The maximum atomic E-state index is 12.9. The second-order valence-corrected chi connectivity index (χ2v) is 8.57. The van der Waals surface area contributed by atoms with Crippen LogP contribution in [0.5, 0.6) is 0 Å². The Labute approximate surface area is 193 Å². The summed E-state index contributed by atoms with van der Waals surface area (Å²) in [5.74, 6) is 0.482. The summed E-state index contributed by atoms with van der Waals surface area (Å²) in [6, 6.07) is 21.8. The van der Waals surface area contributed by atoms with Gasteiger partial charge in [-0.25, -0.2) is 4.98 Å². The predicted molar refractivity (Wildman–Crippen MR) is 134 cm³/mol. The number of pyridine rings is 1. The molecule has 1 aliphatic heterocycles. The van der Waals surface area contributed by atoms with Crippen LogP contribution in [-0.2, 0) is 0 Å². The number of nitrogens with zero attached hydrogens (tertiary/aromatic N) is 4. The van der Waals surface area contributed by atoms with E-state index in [0.717, 1.165) is 36.1 Å². The zero-order valence-electron chi connectivity index (χ0n) is 18.9. The highest BCUT2D eigenvalue weighted by Crippen LogP contribution is 2.26. The van der Waals surface area contributed by atoms with Crippen LogP contribution in [0.25, 0.3) is 11.0 Å². The summed E-state index contributed by atoms with van der Waals surface area (Å²) < 4.78 is 1.79. The monoisotopic (exact) mass is 439 g/mol. The van der Waals surface area contributed by atoms with Crippen molar-refractivity contribution in [3.05, 3.63) is 88.8 Å². The molecule has 1 N–H and O–H groups in total. The number of hydrogen-bond donors (Lipinski definition) is 1. The zero-order chi connectivity index (χ0) is 22.6. The van der Waals surface area contributed by atoms with Crippen LogP contribution in [0.1, 0.15) is 44.2 Å². The lowest BCUT2D eigenvalue weighted by Gasteiger charge is -2.28. The van der Waals surface area contributed by atoms with Crippen molar-refractivity contribution in [2.75, 3.05) is 23.3 Å². The van der Waals surface area contributed by atoms with Gasteiger partial charge >= 0.3 is 0 Å². The van der Waals surface area contributed by atoms with E-state index in [9.17, 15) is 4.79 Å². The number of aromatic nitrogens is 3. The van der Waals surface area contributed by atoms with E-state index in [1.165, 1.54) is 24.9 Å². The number of rotatable bonds is 6. The third kappa shape index (κ3) is 4.46. The van der Waals surface area contributed by atoms with Crippen LogP contribution < -0.4 is 15.8 Å². The SMILES string of the molecule is CCC(c1ccccc1)n1c(=O)ccc2cnc(Nc3ccc(N4CCCCC4)cc3)nc21. The molecule has 0 aliphatic carbocycles. The van der Waals surface area contributed by atoms with Crippen molar-refractivity contribution in [3.63, 3.8) is 0 Å². The smallest absolute Gasteiger partial charge is 0.252 e. The molecule has 1 aliphatic rings. The number of anilines is 3. The summed E-state index contributed by atoms with van der Waals surface area (Å²) in [5, 5.41) is 4.16. The van der Waals surface area contributed by atoms with Crippen LogP contribution in [0.2, 0.25) is 0 Å². The van der Waals surface area contributed by atoms with Crippen molar-refractivity contribution in [2.45, 2.75) is 38.6 Å². The fourth-order valence-electron chi connectivity index (χ4n) is 4.68. The average molecular weight is 440 g/mol. The summed E-state index contributed by atoms with van der Waals surface area (Å²) in [5.41, 5.74) is 3.85. The molecule has 168 valence electrons. The Balaban J connectivity index is 1.46. The molecule has 2 aromatic carbocycles. The molecule has 6 nitrogen and oxygen atoms in total. The van der Waals surface area contributed by atoms with E-state index in [1.807, 2.05) is 18.2 Å². The number of nitrogens with one attached hydrogen (secondary N) is 1. The van der Waals surface area contributed by atoms with Gasteiger partial charge < -0.3 is 10.2 Å². The second-order valence-electron chi connectivity index (χ2n) is 8.57. The first-order chi connectivity index (χ1) is 16.2. The van der Waals surface area contributed by atoms with E-state index >= 15 is 0 Å². The van der Waals surface area contributed by atoms with Crippen LogP contribution in [0.15, 0.2) is 77.7 Å². The van der Waals surface area contributed by atoms with Crippen molar-refractivity contribution < 1.29 is 0 Å².